The van der Waals surface area contributed by atoms with Gasteiger partial charge in [0.25, 0.3) is 10.0 Å². The van der Waals surface area contributed by atoms with E-state index in [-0.39, 0.29) is 17.7 Å². The average molecular weight is 406 g/mol. The molecule has 0 radical (unpaired) electrons. The number of carbonyl (C=O) groups excluding carboxylic acids is 1. The number of methoxy groups -OCH3 is 2. The summed E-state index contributed by atoms with van der Waals surface area (Å²) in [4.78, 5) is 24.8. The molecule has 0 saturated carbocycles. The first-order valence-electron chi connectivity index (χ1n) is 7.35. The molecule has 26 heavy (non-hydrogen) atoms. The molecule has 1 aliphatic heterocycles. The number of amides is 2. The van der Waals surface area contributed by atoms with Crippen molar-refractivity contribution >= 4 is 33.8 Å². The van der Waals surface area contributed by atoms with E-state index in [0.29, 0.717) is 18.9 Å². The normalized spacial score (nSPS) is 18.2. The van der Waals surface area contributed by atoms with Crippen LogP contribution in [0.15, 0.2) is 15.7 Å². The van der Waals surface area contributed by atoms with Gasteiger partial charge in [0.05, 0.1) is 26.9 Å². The van der Waals surface area contributed by atoms with E-state index in [9.17, 15) is 13.2 Å². The van der Waals surface area contributed by atoms with Gasteiger partial charge in [-0.15, -0.1) is 11.8 Å². The van der Waals surface area contributed by atoms with Gasteiger partial charge in [-0.2, -0.15) is 15.0 Å². The van der Waals surface area contributed by atoms with Gasteiger partial charge < -0.3 is 9.47 Å². The molecule has 2 rings (SSSR count). The van der Waals surface area contributed by atoms with Crippen molar-refractivity contribution in [1.82, 2.24) is 15.0 Å². The van der Waals surface area contributed by atoms with Crippen molar-refractivity contribution in [2.45, 2.75) is 11.6 Å². The fourth-order valence-corrected chi connectivity index (χ4v) is 4.53. The largest absolute Gasteiger partial charge is 0.481 e. The predicted octanol–water partition coefficient (Wildman–Crippen LogP) is 1.09. The molecule has 2 amide bonds. The highest BCUT2D eigenvalue weighted by Gasteiger charge is 2.37. The Labute approximate surface area is 154 Å². The number of ether oxygens (including phenoxy) is 2. The molecule has 1 aliphatic rings. The molecule has 12 nitrogen and oxygen atoms in total. The topological polar surface area (TPSA) is 145 Å². The first-order chi connectivity index (χ1) is 12.4. The summed E-state index contributed by atoms with van der Waals surface area (Å²) in [5.74, 6) is 0.676. The van der Waals surface area contributed by atoms with Crippen molar-refractivity contribution in [3.63, 3.8) is 0 Å². The van der Waals surface area contributed by atoms with Gasteiger partial charge in [0, 0.05) is 12.3 Å². The fraction of sp³-hybridized carbons (Fsp3) is 0.583. The summed E-state index contributed by atoms with van der Waals surface area (Å²) < 4.78 is 36.5. The van der Waals surface area contributed by atoms with Gasteiger partial charge in [-0.05, 0) is 6.92 Å². The van der Waals surface area contributed by atoms with E-state index >= 15 is 0 Å². The van der Waals surface area contributed by atoms with Crippen LogP contribution in [-0.4, -0.2) is 67.3 Å². The van der Waals surface area contributed by atoms with Gasteiger partial charge in [-0.25, -0.2) is 13.2 Å². The summed E-state index contributed by atoms with van der Waals surface area (Å²) >= 11 is 1.13. The van der Waals surface area contributed by atoms with Crippen molar-refractivity contribution < 1.29 is 27.5 Å². The van der Waals surface area contributed by atoms with Crippen LogP contribution in [0.1, 0.15) is 6.92 Å². The third-order valence-corrected chi connectivity index (χ3v) is 6.05. The van der Waals surface area contributed by atoms with Crippen LogP contribution in [0.5, 0.6) is 11.8 Å². The van der Waals surface area contributed by atoms with Crippen molar-refractivity contribution in [1.29, 1.82) is 0 Å². The SMILES string of the molecule is CCON1CCSC1S(=O)(=O)/N=N/C(=O)Nc1nc(OC)cc(OC)n1. The number of hydroxylamine groups is 2. The third-order valence-electron chi connectivity index (χ3n) is 2.92. The molecule has 1 saturated heterocycles. The lowest BCUT2D eigenvalue weighted by Crippen LogP contribution is -2.33. The van der Waals surface area contributed by atoms with E-state index in [2.05, 4.69) is 24.9 Å². The Morgan fingerprint density at radius 3 is 2.62 bits per heavy atom. The van der Waals surface area contributed by atoms with Crippen LogP contribution in [0.3, 0.4) is 0 Å². The number of hydrogen-bond acceptors (Lipinski definition) is 10. The highest BCUT2D eigenvalue weighted by atomic mass is 32.3. The number of hydrogen-bond donors (Lipinski definition) is 1. The minimum Gasteiger partial charge on any atom is -0.481 e. The van der Waals surface area contributed by atoms with Gasteiger partial charge in [0.15, 0.2) is 0 Å². The molecule has 0 aromatic carbocycles. The molecule has 2 heterocycles. The lowest BCUT2D eigenvalue weighted by molar-refractivity contribution is -0.139. The van der Waals surface area contributed by atoms with E-state index in [4.69, 9.17) is 14.3 Å². The number of thioether (sulfide) groups is 1. The van der Waals surface area contributed by atoms with E-state index in [1.807, 2.05) is 0 Å². The van der Waals surface area contributed by atoms with Crippen LogP contribution in [-0.2, 0) is 14.9 Å². The Balaban J connectivity index is 2.07. The molecule has 1 aromatic rings. The first-order valence-corrected chi connectivity index (χ1v) is 9.90. The van der Waals surface area contributed by atoms with Gasteiger partial charge >= 0.3 is 6.03 Å². The van der Waals surface area contributed by atoms with Crippen molar-refractivity contribution in [2.75, 3.05) is 38.4 Å². The second-order valence-corrected chi connectivity index (χ2v) is 7.77. The molecule has 0 bridgehead atoms. The van der Waals surface area contributed by atoms with E-state index in [1.165, 1.54) is 25.3 Å². The number of anilines is 1. The molecule has 1 fully saturated rings. The maximum Gasteiger partial charge on any atom is 0.367 e. The Kier molecular flexibility index (Phi) is 7.07. The predicted molar refractivity (Wildman–Crippen MR) is 92.5 cm³/mol. The lowest BCUT2D eigenvalue weighted by Gasteiger charge is -2.19. The van der Waals surface area contributed by atoms with Crippen LogP contribution in [0.2, 0.25) is 0 Å². The second-order valence-electron chi connectivity index (χ2n) is 4.64. The molecule has 1 aromatic heterocycles. The minimum absolute atomic E-state index is 0.145. The molecular formula is C12H18N6O6S2. The minimum atomic E-state index is -4.07. The standard InChI is InChI=1S/C12H18N6O6S2/c1-4-24-18-5-6-25-12(18)26(20,21)17-16-11(19)15-10-13-8(22-2)7-9(14-10)23-3/h7,12H,4-6H2,1-3H3,(H,13,14,15,19)/b17-16+. The number of carbonyl (C=O) groups is 1. The van der Waals surface area contributed by atoms with E-state index < -0.39 is 20.8 Å². The number of rotatable bonds is 7. The molecule has 1 unspecified atom stereocenters. The zero-order valence-electron chi connectivity index (χ0n) is 14.3. The van der Waals surface area contributed by atoms with E-state index in [0.717, 1.165) is 11.8 Å². The monoisotopic (exact) mass is 406 g/mol. The summed E-state index contributed by atoms with van der Waals surface area (Å²) in [6.45, 7) is 2.49. The number of aromatic nitrogens is 2. The second kappa shape index (κ2) is 9.07. The van der Waals surface area contributed by atoms with Crippen molar-refractivity contribution in [3.05, 3.63) is 6.07 Å². The molecule has 1 atom stereocenters. The maximum atomic E-state index is 12.2. The van der Waals surface area contributed by atoms with Crippen LogP contribution in [0, 0.1) is 0 Å². The summed E-state index contributed by atoms with van der Waals surface area (Å²) in [6, 6.07) is 0.344. The van der Waals surface area contributed by atoms with Gasteiger partial charge in [-0.3, -0.25) is 10.2 Å². The number of urea groups is 1. The van der Waals surface area contributed by atoms with Gasteiger partial charge in [0.1, 0.15) is 0 Å². The van der Waals surface area contributed by atoms with Gasteiger partial charge in [-0.1, -0.05) is 9.63 Å². The summed E-state index contributed by atoms with van der Waals surface area (Å²) in [7, 11) is -1.32. The zero-order valence-corrected chi connectivity index (χ0v) is 15.9. The highest BCUT2D eigenvalue weighted by molar-refractivity contribution is 8.13. The van der Waals surface area contributed by atoms with Crippen LogP contribution < -0.4 is 14.8 Å². The molecule has 14 heteroatoms. The Morgan fingerprint density at radius 2 is 2.04 bits per heavy atom. The number of nitrogens with zero attached hydrogens (tertiary/aromatic N) is 5. The third kappa shape index (κ3) is 5.23. The molecule has 144 valence electrons. The summed E-state index contributed by atoms with van der Waals surface area (Å²) in [5.41, 5.74) is 0. The average Bonchev–Trinajstić information content (AvgIpc) is 3.09. The molecule has 0 aliphatic carbocycles. The van der Waals surface area contributed by atoms with Crippen molar-refractivity contribution in [2.24, 2.45) is 9.63 Å². The fourth-order valence-electron chi connectivity index (χ4n) is 1.88. The smallest absolute Gasteiger partial charge is 0.367 e. The number of sulfonamides is 1. The van der Waals surface area contributed by atoms with Crippen LogP contribution in [0.4, 0.5) is 10.7 Å². The summed E-state index contributed by atoms with van der Waals surface area (Å²) in [5, 5.41) is 6.66. The molecule has 1 N–H and O–H groups in total. The first kappa shape index (κ1) is 20.3. The Hall–Kier alpha value is -2.03. The van der Waals surface area contributed by atoms with Crippen LogP contribution >= 0.6 is 11.8 Å². The quantitative estimate of drug-likeness (QED) is 0.653. The Morgan fingerprint density at radius 1 is 1.38 bits per heavy atom. The van der Waals surface area contributed by atoms with Gasteiger partial charge in [0.2, 0.25) is 22.4 Å². The highest BCUT2D eigenvalue weighted by Crippen LogP contribution is 2.29. The lowest BCUT2D eigenvalue weighted by atomic mass is 10.6. The zero-order chi connectivity index (χ0) is 19.2. The Bertz CT molecular complexity index is 751. The van der Waals surface area contributed by atoms with E-state index in [1.54, 1.807) is 6.92 Å². The molecule has 0 spiro atoms. The van der Waals surface area contributed by atoms with Crippen molar-refractivity contribution in [3.8, 4) is 11.8 Å². The number of nitrogens with one attached hydrogen (secondary N) is 1. The van der Waals surface area contributed by atoms with Crippen LogP contribution in [0.25, 0.3) is 0 Å². The molecular weight excluding hydrogens is 388 g/mol. The summed E-state index contributed by atoms with van der Waals surface area (Å²) in [6.07, 6.45) is 0. The maximum absolute atomic E-state index is 12.2.